The van der Waals surface area contributed by atoms with E-state index in [1.54, 1.807) is 0 Å². The third-order valence-electron chi connectivity index (χ3n) is 3.71. The zero-order valence-corrected chi connectivity index (χ0v) is 21.6. The van der Waals surface area contributed by atoms with Crippen molar-refractivity contribution in [3.63, 3.8) is 0 Å². The first-order valence-corrected chi connectivity index (χ1v) is 19.8. The van der Waals surface area contributed by atoms with E-state index in [9.17, 15) is 0 Å². The third kappa shape index (κ3) is 6.39. The van der Waals surface area contributed by atoms with Crippen molar-refractivity contribution >= 4 is 40.8 Å². The molecule has 1 aliphatic carbocycles. The first kappa shape index (κ1) is 26.3. The molecule has 23 heavy (non-hydrogen) atoms. The average Bonchev–Trinajstić information content (AvgIpc) is 2.62. The molecule has 0 aromatic heterocycles. The van der Waals surface area contributed by atoms with E-state index in [-0.39, 0.29) is 30.4 Å². The van der Waals surface area contributed by atoms with Crippen molar-refractivity contribution in [2.24, 2.45) is 0 Å². The number of rotatable bonds is 6. The molecular formula is C15H36Cl2NO2Si2Ti. The molecule has 0 aromatic rings. The molecule has 1 N–H and O–H groups in total. The fourth-order valence-electron chi connectivity index (χ4n) is 3.87. The summed E-state index contributed by atoms with van der Waals surface area (Å²) >= 11 is -4.45. The second-order valence-electron chi connectivity index (χ2n) is 8.87. The maximum atomic E-state index is 7.00. The van der Waals surface area contributed by atoms with Crippen LogP contribution in [0, 0.1) is 0 Å². The second-order valence-corrected chi connectivity index (χ2v) is 32.2. The van der Waals surface area contributed by atoms with E-state index < -0.39 is 22.1 Å². The van der Waals surface area contributed by atoms with Crippen LogP contribution in [0.1, 0.15) is 34.1 Å². The third-order valence-corrected chi connectivity index (χ3v) is 23.9. The van der Waals surface area contributed by atoms with Crippen molar-refractivity contribution in [2.75, 3.05) is 6.61 Å². The summed E-state index contributed by atoms with van der Waals surface area (Å²) in [7, 11) is 0.173. The Hall–Kier alpha value is 1.09. The van der Waals surface area contributed by atoms with E-state index in [1.165, 1.54) is 3.88 Å². The Morgan fingerprint density at radius 2 is 1.78 bits per heavy atom. The van der Waals surface area contributed by atoms with Crippen LogP contribution in [0.25, 0.3) is 0 Å². The molecule has 1 rings (SSSR count). The van der Waals surface area contributed by atoms with Crippen molar-refractivity contribution < 1.29 is 20.1 Å². The number of halogens is 2. The zero-order chi connectivity index (χ0) is 16.6. The van der Waals surface area contributed by atoms with Gasteiger partial charge in [0, 0.05) is 0 Å². The SMILES string of the molecule is CC[O][Ti]([CH3])(=[SiH2])([NH]C(C)(C)C)([O][Si](C)(C)C)[C]1=CC=CC1.Cl.Cl. The van der Waals surface area contributed by atoms with E-state index in [0.717, 1.165) is 6.42 Å². The molecule has 0 saturated carbocycles. The minimum absolute atomic E-state index is 0. The molecule has 0 saturated heterocycles. The van der Waals surface area contributed by atoms with E-state index in [0.29, 0.717) is 6.61 Å². The molecule has 8 heteroatoms. The molecule has 0 bridgehead atoms. The van der Waals surface area contributed by atoms with E-state index in [2.05, 4.69) is 74.6 Å². The molecule has 0 amide bonds. The number of hydrogen-bond acceptors (Lipinski definition) is 3. The first-order chi connectivity index (χ1) is 9.15. The molecule has 0 spiro atoms. The molecule has 0 radical (unpaired) electrons. The van der Waals surface area contributed by atoms with Crippen LogP contribution in [-0.4, -0.2) is 28.1 Å². The van der Waals surface area contributed by atoms with Crippen molar-refractivity contribution in [1.29, 1.82) is 0 Å². The standard InChI is InChI=1S/C5H5.C4H10N.C3H9OSi.C2H5O.CH3.2ClH.H2Si.Ti/c1-2-4-5-3-1;1-4(2,3)5;1-5(2,3)4;1-2-3;;;;;/h1-3H,4H2;5H,1-3H3;1-3H3;2H2,1H3;1H3;2*1H;1H2;/q;3*-1;;;;;+3. The van der Waals surface area contributed by atoms with Gasteiger partial charge in [-0.25, -0.2) is 0 Å². The van der Waals surface area contributed by atoms with Crippen LogP contribution in [0.4, 0.5) is 0 Å². The Kier molecular flexibility index (Phi) is 8.44. The Labute approximate surface area is 157 Å². The van der Waals surface area contributed by atoms with Crippen LogP contribution in [0.2, 0.25) is 24.9 Å². The minimum Gasteiger partial charge on any atom is -0.147 e. The predicted octanol–water partition coefficient (Wildman–Crippen LogP) is 4.52. The van der Waals surface area contributed by atoms with Gasteiger partial charge in [0.25, 0.3) is 0 Å². The Morgan fingerprint density at radius 3 is 2.09 bits per heavy atom. The van der Waals surface area contributed by atoms with Crippen LogP contribution in [0.3, 0.4) is 0 Å². The zero-order valence-electron chi connectivity index (χ0n) is 16.0. The normalized spacial score (nSPS) is 18.3. The molecule has 0 aromatic carbocycles. The predicted molar refractivity (Wildman–Crippen MR) is 110 cm³/mol. The topological polar surface area (TPSA) is 30.5 Å². The molecule has 1 aliphatic rings. The summed E-state index contributed by atoms with van der Waals surface area (Å²) in [5, 5.41) is 2.27. The van der Waals surface area contributed by atoms with Gasteiger partial charge in [0.2, 0.25) is 0 Å². The molecule has 0 unspecified atom stereocenters. The maximum Gasteiger partial charge on any atom is -0.147 e. The first-order valence-electron chi connectivity index (χ1n) is 7.93. The summed E-state index contributed by atoms with van der Waals surface area (Å²) < 4.78 is 18.9. The van der Waals surface area contributed by atoms with Gasteiger partial charge in [0.1, 0.15) is 0 Å². The fraction of sp³-hybridized carbons (Fsp3) is 0.733. The van der Waals surface area contributed by atoms with Gasteiger partial charge in [-0.1, -0.05) is 0 Å². The number of allylic oxidation sites excluding steroid dienone is 4. The van der Waals surface area contributed by atoms with Crippen molar-refractivity contribution in [3.05, 3.63) is 22.1 Å². The van der Waals surface area contributed by atoms with Crippen molar-refractivity contribution in [3.8, 4) is 0 Å². The molecular weight excluding hydrogens is 401 g/mol. The van der Waals surface area contributed by atoms with Crippen LogP contribution in [-0.2, 0) is 20.1 Å². The van der Waals surface area contributed by atoms with Gasteiger partial charge in [0.15, 0.2) is 0 Å². The quantitative estimate of drug-likeness (QED) is 0.620. The Balaban J connectivity index is 0. The molecule has 0 fully saturated rings. The summed E-state index contributed by atoms with van der Waals surface area (Å²) in [5.41, 5.74) is -0.0700. The van der Waals surface area contributed by atoms with Gasteiger partial charge in [-0.2, -0.15) is 0 Å². The second kappa shape index (κ2) is 7.37. The summed E-state index contributed by atoms with van der Waals surface area (Å²) in [6, 6.07) is 0. The molecule has 0 aliphatic heterocycles. The average molecular weight is 437 g/mol. The molecule has 3 nitrogen and oxygen atoms in total. The fourth-order valence-corrected chi connectivity index (χ4v) is 33.2. The summed E-state index contributed by atoms with van der Waals surface area (Å²) in [5.74, 6) is 0. The maximum absolute atomic E-state index is 7.00. The van der Waals surface area contributed by atoms with Gasteiger partial charge in [-0.15, -0.1) is 24.8 Å². The summed E-state index contributed by atoms with van der Waals surface area (Å²) in [6.45, 7) is 16.1. The van der Waals surface area contributed by atoms with Crippen molar-refractivity contribution in [1.82, 2.24) is 3.80 Å². The van der Waals surface area contributed by atoms with Crippen molar-refractivity contribution in [2.45, 2.75) is 64.5 Å². The van der Waals surface area contributed by atoms with E-state index in [1.807, 2.05) is 7.63 Å². The summed E-state index contributed by atoms with van der Waals surface area (Å²) in [4.78, 5) is 0. The van der Waals surface area contributed by atoms with Crippen LogP contribution >= 0.6 is 24.8 Å². The van der Waals surface area contributed by atoms with Crippen LogP contribution < -0.4 is 3.80 Å². The van der Waals surface area contributed by atoms with Gasteiger partial charge >= 0.3 is 133 Å². The van der Waals surface area contributed by atoms with Gasteiger partial charge in [-0.05, 0) is 0 Å². The monoisotopic (exact) mass is 436 g/mol. The number of nitrogens with one attached hydrogen (secondary N) is 1. The summed E-state index contributed by atoms with van der Waals surface area (Å²) in [6.07, 6.45) is 7.48. The Bertz CT molecular complexity index is 555. The molecule has 0 heterocycles. The smallest absolute Gasteiger partial charge is 0.147 e. The van der Waals surface area contributed by atoms with Gasteiger partial charge in [0.05, 0.1) is 0 Å². The Morgan fingerprint density at radius 1 is 1.26 bits per heavy atom. The number of hydrogen-bond donors (Lipinski definition) is 1. The van der Waals surface area contributed by atoms with Crippen LogP contribution in [0.5, 0.6) is 0 Å². The molecule has 139 valence electrons. The van der Waals surface area contributed by atoms with Crippen LogP contribution in [0.15, 0.2) is 22.1 Å². The largest absolute Gasteiger partial charge is 0.147 e. The van der Waals surface area contributed by atoms with Gasteiger partial charge < -0.3 is 0 Å². The minimum atomic E-state index is -4.45. The van der Waals surface area contributed by atoms with E-state index >= 15 is 0 Å². The van der Waals surface area contributed by atoms with E-state index in [4.69, 9.17) is 6.33 Å². The van der Waals surface area contributed by atoms with Gasteiger partial charge in [-0.3, -0.25) is 0 Å². The molecule has 0 atom stereocenters.